The van der Waals surface area contributed by atoms with Gasteiger partial charge in [0.1, 0.15) is 5.75 Å². The first-order valence-corrected chi connectivity index (χ1v) is 6.25. The summed E-state index contributed by atoms with van der Waals surface area (Å²) in [6.45, 7) is 1.61. The van der Waals surface area contributed by atoms with E-state index < -0.39 is 6.61 Å². The Bertz CT molecular complexity index is 338. The molecule has 0 amide bonds. The van der Waals surface area contributed by atoms with E-state index in [4.69, 9.17) is 0 Å². The minimum atomic E-state index is -2.77. The highest BCUT2D eigenvalue weighted by molar-refractivity contribution is 5.29. The van der Waals surface area contributed by atoms with Crippen LogP contribution in [0.3, 0.4) is 0 Å². The molecule has 1 unspecified atom stereocenters. The number of ether oxygens (including phenoxy) is 1. The lowest BCUT2D eigenvalue weighted by molar-refractivity contribution is -0.0498. The predicted molar refractivity (Wildman–Crippen MR) is 68.9 cm³/mol. The van der Waals surface area contributed by atoms with Crippen LogP contribution in [0.1, 0.15) is 38.3 Å². The van der Waals surface area contributed by atoms with Gasteiger partial charge in [-0.1, -0.05) is 26.0 Å². The fourth-order valence-corrected chi connectivity index (χ4v) is 1.86. The van der Waals surface area contributed by atoms with E-state index in [0.717, 1.165) is 18.4 Å². The van der Waals surface area contributed by atoms with Crippen LogP contribution in [0.25, 0.3) is 0 Å². The van der Waals surface area contributed by atoms with Gasteiger partial charge in [-0.15, -0.1) is 0 Å². The average molecular weight is 257 g/mol. The molecule has 1 rings (SSSR count). The van der Waals surface area contributed by atoms with Gasteiger partial charge in [-0.05, 0) is 43.5 Å². The van der Waals surface area contributed by atoms with Gasteiger partial charge in [-0.25, -0.2) is 0 Å². The van der Waals surface area contributed by atoms with Gasteiger partial charge in [0.15, 0.2) is 0 Å². The summed E-state index contributed by atoms with van der Waals surface area (Å²) < 4.78 is 28.4. The molecule has 1 atom stereocenters. The van der Waals surface area contributed by atoms with E-state index in [1.54, 1.807) is 12.1 Å². The lowest BCUT2D eigenvalue weighted by atomic mass is 9.98. The molecule has 0 bridgehead atoms. The van der Waals surface area contributed by atoms with Crippen molar-refractivity contribution < 1.29 is 13.5 Å². The molecule has 0 aliphatic rings. The number of rotatable bonds is 7. The summed E-state index contributed by atoms with van der Waals surface area (Å²) in [6, 6.07) is 7.09. The third kappa shape index (κ3) is 5.00. The molecule has 1 aromatic carbocycles. The van der Waals surface area contributed by atoms with Crippen LogP contribution in [0.15, 0.2) is 24.3 Å². The fraction of sp³-hybridized carbons (Fsp3) is 0.571. The SMILES string of the molecule is CNC(CCC(C)C)c1ccc(OC(F)F)cc1. The van der Waals surface area contributed by atoms with Crippen LogP contribution in [0, 0.1) is 5.92 Å². The molecule has 0 radical (unpaired) electrons. The Balaban J connectivity index is 2.63. The van der Waals surface area contributed by atoms with Gasteiger partial charge >= 0.3 is 6.61 Å². The lowest BCUT2D eigenvalue weighted by Gasteiger charge is -2.18. The number of nitrogens with one attached hydrogen (secondary N) is 1. The normalized spacial score (nSPS) is 13.1. The number of halogens is 2. The van der Waals surface area contributed by atoms with Crippen molar-refractivity contribution in [3.8, 4) is 5.75 Å². The van der Waals surface area contributed by atoms with Crippen molar-refractivity contribution in [1.29, 1.82) is 0 Å². The molecular weight excluding hydrogens is 236 g/mol. The van der Waals surface area contributed by atoms with Crippen molar-refractivity contribution >= 4 is 0 Å². The fourth-order valence-electron chi connectivity index (χ4n) is 1.86. The lowest BCUT2D eigenvalue weighted by Crippen LogP contribution is -2.17. The van der Waals surface area contributed by atoms with Crippen LogP contribution < -0.4 is 10.1 Å². The van der Waals surface area contributed by atoms with Crippen molar-refractivity contribution in [2.24, 2.45) is 5.92 Å². The number of benzene rings is 1. The summed E-state index contributed by atoms with van der Waals surface area (Å²) in [6.07, 6.45) is 2.16. The second-order valence-corrected chi connectivity index (χ2v) is 4.76. The van der Waals surface area contributed by atoms with E-state index in [1.165, 1.54) is 0 Å². The maximum Gasteiger partial charge on any atom is 0.387 e. The highest BCUT2D eigenvalue weighted by Crippen LogP contribution is 2.23. The van der Waals surface area contributed by atoms with Gasteiger partial charge in [-0.2, -0.15) is 8.78 Å². The summed E-state index contributed by atoms with van der Waals surface area (Å²) >= 11 is 0. The van der Waals surface area contributed by atoms with Gasteiger partial charge < -0.3 is 10.1 Å². The molecule has 0 aliphatic carbocycles. The van der Waals surface area contributed by atoms with Crippen LogP contribution in [0.4, 0.5) is 8.78 Å². The van der Waals surface area contributed by atoms with Crippen LogP contribution >= 0.6 is 0 Å². The highest BCUT2D eigenvalue weighted by Gasteiger charge is 2.11. The average Bonchev–Trinajstić information content (AvgIpc) is 2.31. The predicted octanol–water partition coefficient (Wildman–Crippen LogP) is 3.98. The maximum absolute atomic E-state index is 12.0. The Labute approximate surface area is 107 Å². The summed E-state index contributed by atoms with van der Waals surface area (Å²) in [5.74, 6) is 0.856. The molecule has 0 aliphatic heterocycles. The van der Waals surface area contributed by atoms with Gasteiger partial charge in [0, 0.05) is 6.04 Å². The minimum Gasteiger partial charge on any atom is -0.435 e. The molecule has 4 heteroatoms. The zero-order chi connectivity index (χ0) is 13.5. The molecule has 1 N–H and O–H groups in total. The van der Waals surface area contributed by atoms with Crippen LogP contribution in [0.2, 0.25) is 0 Å². The first-order valence-electron chi connectivity index (χ1n) is 6.25. The van der Waals surface area contributed by atoms with Gasteiger partial charge in [0.25, 0.3) is 0 Å². The van der Waals surface area contributed by atoms with Crippen LogP contribution in [0.5, 0.6) is 5.75 Å². The molecule has 0 saturated heterocycles. The molecule has 0 spiro atoms. The standard InChI is InChI=1S/C14H21F2NO/c1-10(2)4-9-13(17-3)11-5-7-12(8-6-11)18-14(15)16/h5-8,10,13-14,17H,4,9H2,1-3H3. The highest BCUT2D eigenvalue weighted by atomic mass is 19.3. The number of hydrogen-bond donors (Lipinski definition) is 1. The van der Waals surface area contributed by atoms with Gasteiger partial charge in [-0.3, -0.25) is 0 Å². The Morgan fingerprint density at radius 2 is 1.72 bits per heavy atom. The zero-order valence-electron chi connectivity index (χ0n) is 11.1. The molecule has 18 heavy (non-hydrogen) atoms. The first kappa shape index (κ1) is 14.9. The van der Waals surface area contributed by atoms with E-state index in [0.29, 0.717) is 5.92 Å². The molecule has 0 saturated carbocycles. The Kier molecular flexibility index (Phi) is 6.05. The quantitative estimate of drug-likeness (QED) is 0.797. The van der Waals surface area contributed by atoms with Crippen molar-refractivity contribution in [2.75, 3.05) is 7.05 Å². The molecule has 102 valence electrons. The Hall–Kier alpha value is -1.16. The summed E-state index contributed by atoms with van der Waals surface area (Å²) in [4.78, 5) is 0. The first-order chi connectivity index (χ1) is 8.52. The van der Waals surface area contributed by atoms with E-state index >= 15 is 0 Å². The van der Waals surface area contributed by atoms with E-state index in [9.17, 15) is 8.78 Å². The molecule has 0 heterocycles. The monoisotopic (exact) mass is 257 g/mol. The van der Waals surface area contributed by atoms with E-state index in [1.807, 2.05) is 19.2 Å². The van der Waals surface area contributed by atoms with Gasteiger partial charge in [0.2, 0.25) is 0 Å². The summed E-state index contributed by atoms with van der Waals surface area (Å²) in [5.41, 5.74) is 1.10. The van der Waals surface area contributed by atoms with Crippen molar-refractivity contribution in [1.82, 2.24) is 5.32 Å². The third-order valence-corrected chi connectivity index (χ3v) is 2.89. The second-order valence-electron chi connectivity index (χ2n) is 4.76. The van der Waals surface area contributed by atoms with Crippen molar-refractivity contribution in [2.45, 2.75) is 39.3 Å². The molecule has 0 fully saturated rings. The van der Waals surface area contributed by atoms with Crippen LogP contribution in [-0.4, -0.2) is 13.7 Å². The molecule has 2 nitrogen and oxygen atoms in total. The topological polar surface area (TPSA) is 21.3 Å². The maximum atomic E-state index is 12.0. The third-order valence-electron chi connectivity index (χ3n) is 2.89. The van der Waals surface area contributed by atoms with Gasteiger partial charge in [0.05, 0.1) is 0 Å². The Morgan fingerprint density at radius 1 is 1.11 bits per heavy atom. The Morgan fingerprint density at radius 3 is 2.17 bits per heavy atom. The largest absolute Gasteiger partial charge is 0.435 e. The molecular formula is C14H21F2NO. The van der Waals surface area contributed by atoms with Crippen LogP contribution in [-0.2, 0) is 0 Å². The second kappa shape index (κ2) is 7.31. The molecule has 1 aromatic rings. The summed E-state index contributed by atoms with van der Waals surface area (Å²) in [7, 11) is 1.91. The minimum absolute atomic E-state index is 0.201. The number of hydrogen-bond acceptors (Lipinski definition) is 2. The molecule has 0 aromatic heterocycles. The van der Waals surface area contributed by atoms with Crippen molar-refractivity contribution in [3.05, 3.63) is 29.8 Å². The smallest absolute Gasteiger partial charge is 0.387 e. The number of alkyl halides is 2. The van der Waals surface area contributed by atoms with Crippen molar-refractivity contribution in [3.63, 3.8) is 0 Å². The van der Waals surface area contributed by atoms with E-state index in [-0.39, 0.29) is 11.8 Å². The van der Waals surface area contributed by atoms with E-state index in [2.05, 4.69) is 23.9 Å². The summed E-state index contributed by atoms with van der Waals surface area (Å²) in [5, 5.41) is 3.24. The zero-order valence-corrected chi connectivity index (χ0v) is 11.1.